The molecule has 2 aromatic rings. The van der Waals surface area contributed by atoms with Crippen LogP contribution in [0, 0.1) is 16.5 Å². The highest BCUT2D eigenvalue weighted by molar-refractivity contribution is 5.97. The molecule has 0 aliphatic carbocycles. The molecule has 1 saturated heterocycles. The Labute approximate surface area is 191 Å². The summed E-state index contributed by atoms with van der Waals surface area (Å²) in [5.74, 6) is -1.28. The quantitative estimate of drug-likeness (QED) is 0.267. The molecule has 3 atom stereocenters. The van der Waals surface area contributed by atoms with Crippen LogP contribution in [0.2, 0.25) is 0 Å². The second-order valence-electron chi connectivity index (χ2n) is 8.94. The third-order valence-corrected chi connectivity index (χ3v) is 6.68. The summed E-state index contributed by atoms with van der Waals surface area (Å²) in [5.41, 5.74) is 13.4. The van der Waals surface area contributed by atoms with Gasteiger partial charge >= 0.3 is 0 Å². The molecule has 174 valence electrons. The number of amides is 2. The number of amidine groups is 1. The van der Waals surface area contributed by atoms with Crippen molar-refractivity contribution in [3.63, 3.8) is 0 Å². The first kappa shape index (κ1) is 22.9. The highest BCUT2D eigenvalue weighted by atomic mass is 19.1. The first-order chi connectivity index (χ1) is 15.7. The molecule has 8 nitrogen and oxygen atoms in total. The lowest BCUT2D eigenvalue weighted by molar-refractivity contribution is -0.137. The van der Waals surface area contributed by atoms with Crippen LogP contribution in [-0.4, -0.2) is 48.4 Å². The molecule has 0 spiro atoms. The first-order valence-electron chi connectivity index (χ1n) is 11.0. The van der Waals surface area contributed by atoms with E-state index < -0.39 is 23.3 Å². The van der Waals surface area contributed by atoms with Crippen LogP contribution in [-0.2, 0) is 17.8 Å². The van der Waals surface area contributed by atoms with Gasteiger partial charge in [0.15, 0.2) is 6.04 Å². The number of benzene rings is 2. The third kappa shape index (κ3) is 4.34. The number of piperidine rings is 1. The topological polar surface area (TPSA) is 136 Å². The number of carbonyl (C=O) groups is 2. The van der Waals surface area contributed by atoms with Crippen LogP contribution in [0.1, 0.15) is 39.9 Å². The molecule has 33 heavy (non-hydrogen) atoms. The van der Waals surface area contributed by atoms with Crippen molar-refractivity contribution < 1.29 is 14.0 Å². The zero-order chi connectivity index (χ0) is 23.8. The van der Waals surface area contributed by atoms with Crippen LogP contribution >= 0.6 is 0 Å². The number of hydroxylamine groups is 2. The fraction of sp³-hybridized carbons (Fsp3) is 0.375. The average molecular weight is 454 g/mol. The molecule has 2 aliphatic heterocycles. The van der Waals surface area contributed by atoms with E-state index in [0.717, 1.165) is 12.0 Å². The number of carbonyl (C=O) groups excluding carboxylic acids is 2. The van der Waals surface area contributed by atoms with Crippen LogP contribution < -0.4 is 16.1 Å². The number of halogens is 1. The Bertz CT molecular complexity index is 1110. The highest BCUT2D eigenvalue weighted by Crippen LogP contribution is 2.41. The summed E-state index contributed by atoms with van der Waals surface area (Å²) < 4.78 is 12.3. The molecule has 2 heterocycles. The Morgan fingerprint density at radius 1 is 1.18 bits per heavy atom. The Morgan fingerprint density at radius 3 is 2.67 bits per heavy atom. The summed E-state index contributed by atoms with van der Waals surface area (Å²) >= 11 is 0. The number of quaternary nitrogens is 1. The first-order valence-corrected chi connectivity index (χ1v) is 11.0. The molecule has 9 heteroatoms. The summed E-state index contributed by atoms with van der Waals surface area (Å²) in [6.07, 6.45) is 1.67. The molecule has 5 N–H and O–H groups in total. The van der Waals surface area contributed by atoms with Gasteiger partial charge in [-0.1, -0.05) is 24.3 Å². The second kappa shape index (κ2) is 8.92. The van der Waals surface area contributed by atoms with Crippen molar-refractivity contribution in [2.45, 2.75) is 31.8 Å². The Kier molecular flexibility index (Phi) is 6.18. The van der Waals surface area contributed by atoms with E-state index in [4.69, 9.17) is 16.9 Å². The lowest BCUT2D eigenvalue weighted by Crippen LogP contribution is -2.58. The molecule has 0 saturated carbocycles. The average Bonchev–Trinajstić information content (AvgIpc) is 3.10. The van der Waals surface area contributed by atoms with Gasteiger partial charge in [-0.05, 0) is 25.0 Å². The zero-order valence-corrected chi connectivity index (χ0v) is 18.3. The number of fused-ring (bicyclic) bond motifs is 1. The lowest BCUT2D eigenvalue weighted by atomic mass is 9.98. The number of rotatable bonds is 6. The van der Waals surface area contributed by atoms with Crippen molar-refractivity contribution in [3.05, 3.63) is 69.9 Å². The van der Waals surface area contributed by atoms with Gasteiger partial charge in [-0.2, -0.15) is 0 Å². The summed E-state index contributed by atoms with van der Waals surface area (Å²) in [6.45, 7) is 0.219. The van der Waals surface area contributed by atoms with E-state index in [0.29, 0.717) is 36.3 Å². The van der Waals surface area contributed by atoms with Crippen LogP contribution in [0.15, 0.2) is 42.5 Å². The number of nitrogens with one attached hydrogen (secondary N) is 1. The molecule has 2 aromatic carbocycles. The van der Waals surface area contributed by atoms with E-state index >= 15 is 0 Å². The lowest BCUT2D eigenvalue weighted by Gasteiger charge is -2.45. The van der Waals surface area contributed by atoms with Crippen LogP contribution in [0.4, 0.5) is 10.1 Å². The van der Waals surface area contributed by atoms with E-state index in [1.54, 1.807) is 47.4 Å². The summed E-state index contributed by atoms with van der Waals surface area (Å²) in [6, 6.07) is 10.6. The minimum atomic E-state index is -0.964. The Morgan fingerprint density at radius 2 is 1.97 bits per heavy atom. The van der Waals surface area contributed by atoms with Gasteiger partial charge in [-0.3, -0.25) is 19.4 Å². The monoisotopic (exact) mass is 453 g/mol. The van der Waals surface area contributed by atoms with Crippen molar-refractivity contribution in [1.29, 1.82) is 5.41 Å². The summed E-state index contributed by atoms with van der Waals surface area (Å²) in [5, 5.41) is 22.3. The molecule has 4 rings (SSSR count). The molecule has 0 radical (unpaired) electrons. The van der Waals surface area contributed by atoms with E-state index in [1.807, 2.05) is 0 Å². The van der Waals surface area contributed by atoms with Gasteiger partial charge < -0.3 is 26.2 Å². The Hall–Kier alpha value is -3.30. The standard InChI is InChI=1S/C24H28FN5O3/c25-12-16-4-2-8-29(13-16)24(32)21-10-17-6-7-18(22(26)27)11-20(17)30(21,33)14-15-3-1-5-19(9-15)23(28)31/h1,3,5-7,9,11,16,21H,2,4,8,10,12-14H2,(H3,26,27)(H2,28,31)/t16-,21?,30?/m0/s1. The summed E-state index contributed by atoms with van der Waals surface area (Å²) in [7, 11) is 0. The molecule has 2 unspecified atom stereocenters. The number of primary amides is 1. The second-order valence-corrected chi connectivity index (χ2v) is 8.94. The van der Waals surface area contributed by atoms with Crippen molar-refractivity contribution in [3.8, 4) is 0 Å². The Balaban J connectivity index is 1.74. The highest BCUT2D eigenvalue weighted by Gasteiger charge is 2.47. The largest absolute Gasteiger partial charge is 0.627 e. The molecule has 0 bridgehead atoms. The molecular formula is C24H28FN5O3. The molecule has 2 aliphatic rings. The summed E-state index contributed by atoms with van der Waals surface area (Å²) in [4.78, 5) is 26.8. The van der Waals surface area contributed by atoms with E-state index in [9.17, 15) is 19.2 Å². The van der Waals surface area contributed by atoms with Crippen molar-refractivity contribution >= 4 is 23.3 Å². The van der Waals surface area contributed by atoms with E-state index in [-0.39, 0.29) is 36.2 Å². The van der Waals surface area contributed by atoms with Gasteiger partial charge in [0.25, 0.3) is 5.91 Å². The fourth-order valence-corrected chi connectivity index (χ4v) is 4.94. The van der Waals surface area contributed by atoms with Crippen LogP contribution in [0.3, 0.4) is 0 Å². The smallest absolute Gasteiger partial charge is 0.282 e. The number of alkyl halides is 1. The number of nitrogens with two attached hydrogens (primary N) is 2. The van der Waals surface area contributed by atoms with Gasteiger partial charge in [0.1, 0.15) is 18.1 Å². The van der Waals surface area contributed by atoms with Gasteiger partial charge in [-0.25, -0.2) is 0 Å². The van der Waals surface area contributed by atoms with Crippen molar-refractivity contribution in [2.24, 2.45) is 17.4 Å². The van der Waals surface area contributed by atoms with Crippen LogP contribution in [0.25, 0.3) is 0 Å². The maximum absolute atomic E-state index is 14.5. The van der Waals surface area contributed by atoms with Crippen LogP contribution in [0.5, 0.6) is 0 Å². The van der Waals surface area contributed by atoms with Gasteiger partial charge in [0, 0.05) is 53.7 Å². The normalized spacial score (nSPS) is 24.4. The third-order valence-electron chi connectivity index (χ3n) is 6.68. The maximum atomic E-state index is 14.5. The zero-order valence-electron chi connectivity index (χ0n) is 18.3. The predicted octanol–water partition coefficient (Wildman–Crippen LogP) is 2.21. The van der Waals surface area contributed by atoms with E-state index in [2.05, 4.69) is 0 Å². The maximum Gasteiger partial charge on any atom is 0.282 e. The molecular weight excluding hydrogens is 425 g/mol. The van der Waals surface area contributed by atoms with E-state index in [1.165, 1.54) is 0 Å². The molecule has 0 aromatic heterocycles. The van der Waals surface area contributed by atoms with Crippen molar-refractivity contribution in [2.75, 3.05) is 19.8 Å². The predicted molar refractivity (Wildman–Crippen MR) is 124 cm³/mol. The van der Waals surface area contributed by atoms with Gasteiger partial charge in [0.2, 0.25) is 5.91 Å². The number of hydrogen-bond donors (Lipinski definition) is 3. The molecule has 1 fully saturated rings. The number of nitrogen functional groups attached to an aromatic ring is 1. The van der Waals surface area contributed by atoms with Crippen molar-refractivity contribution in [1.82, 2.24) is 9.55 Å². The number of likely N-dealkylation sites (tertiary alicyclic amines) is 1. The van der Waals surface area contributed by atoms with Gasteiger partial charge in [-0.15, -0.1) is 0 Å². The minimum Gasteiger partial charge on any atom is -0.627 e. The fourth-order valence-electron chi connectivity index (χ4n) is 4.94. The van der Waals surface area contributed by atoms with Gasteiger partial charge in [0.05, 0.1) is 6.67 Å². The molecule has 2 amide bonds. The minimum absolute atomic E-state index is 0.0910. The SMILES string of the molecule is N=C(N)c1ccc2c(c1)[N+]([O-])(Cc1cccc(C(N)=O)c1)C(C(=O)N1CCC[C@@H](CF)C1)C2. The number of nitrogens with zero attached hydrogens (tertiary/aromatic N) is 2. The number of hydrogen-bond acceptors (Lipinski definition) is 4.